The van der Waals surface area contributed by atoms with Crippen LogP contribution >= 0.6 is 11.8 Å². The molecule has 2 rings (SSSR count). The van der Waals surface area contributed by atoms with Crippen LogP contribution in [0.5, 0.6) is 0 Å². The van der Waals surface area contributed by atoms with Crippen LogP contribution in [0.4, 0.5) is 14.5 Å². The van der Waals surface area contributed by atoms with Crippen LogP contribution in [0, 0.1) is 0 Å². The number of nitrogens with one attached hydrogen (secondary N) is 1. The van der Waals surface area contributed by atoms with Crippen molar-refractivity contribution in [2.75, 3.05) is 25.2 Å². The largest absolute Gasteiger partial charge is 0.325 e. The summed E-state index contributed by atoms with van der Waals surface area (Å²) >= 11 is 0.449. The summed E-state index contributed by atoms with van der Waals surface area (Å²) in [5, 5.41) is 2.73. The van der Waals surface area contributed by atoms with Gasteiger partial charge in [-0.05, 0) is 55.9 Å². The molecule has 2 aromatic carbocycles. The van der Waals surface area contributed by atoms with Gasteiger partial charge in [0.25, 0.3) is 5.76 Å². The third kappa shape index (κ3) is 6.57. The molecule has 0 bridgehead atoms. The quantitative estimate of drug-likeness (QED) is 0.643. The smallest absolute Gasteiger partial charge is 0.288 e. The SMILES string of the molecule is CC(c1ccc(S(C)(=O)=O)cc1)N(C)CC(=O)Nc1ccc(SC(F)F)cc1. The van der Waals surface area contributed by atoms with Gasteiger partial charge in [0, 0.05) is 22.9 Å². The van der Waals surface area contributed by atoms with Crippen molar-refractivity contribution < 1.29 is 22.0 Å². The molecule has 152 valence electrons. The van der Waals surface area contributed by atoms with E-state index in [2.05, 4.69) is 5.32 Å². The molecule has 0 aliphatic carbocycles. The van der Waals surface area contributed by atoms with Crippen molar-refractivity contribution in [2.45, 2.75) is 28.5 Å². The average Bonchev–Trinajstić information content (AvgIpc) is 2.61. The predicted molar refractivity (Wildman–Crippen MR) is 108 cm³/mol. The molecule has 9 heteroatoms. The maximum atomic E-state index is 12.3. The summed E-state index contributed by atoms with van der Waals surface area (Å²) in [6.07, 6.45) is 1.15. The van der Waals surface area contributed by atoms with Gasteiger partial charge in [-0.25, -0.2) is 8.42 Å². The lowest BCUT2D eigenvalue weighted by atomic mass is 10.1. The van der Waals surface area contributed by atoms with Crippen molar-refractivity contribution in [3.05, 3.63) is 54.1 Å². The number of thioether (sulfide) groups is 1. The van der Waals surface area contributed by atoms with Gasteiger partial charge >= 0.3 is 0 Å². The lowest BCUT2D eigenvalue weighted by Crippen LogP contribution is -2.32. The van der Waals surface area contributed by atoms with Crippen LogP contribution < -0.4 is 5.32 Å². The molecular weight excluding hydrogens is 406 g/mol. The summed E-state index contributed by atoms with van der Waals surface area (Å²) in [7, 11) is -1.46. The number of amides is 1. The fourth-order valence-electron chi connectivity index (χ4n) is 2.53. The standard InChI is InChI=1S/C19H22F2N2O3S2/c1-13(14-4-10-17(11-5-14)28(3,25)26)23(2)12-18(24)22-15-6-8-16(9-7-15)27-19(20)21/h4-11,13,19H,12H2,1-3H3,(H,22,24). The minimum absolute atomic E-state index is 0.107. The Hall–Kier alpha value is -1.97. The lowest BCUT2D eigenvalue weighted by molar-refractivity contribution is -0.117. The number of rotatable bonds is 8. The molecule has 0 saturated heterocycles. The monoisotopic (exact) mass is 428 g/mol. The van der Waals surface area contributed by atoms with Gasteiger partial charge < -0.3 is 5.32 Å². The second-order valence-corrected chi connectivity index (χ2v) is 9.46. The fraction of sp³-hybridized carbons (Fsp3) is 0.316. The van der Waals surface area contributed by atoms with Gasteiger partial charge in [-0.1, -0.05) is 23.9 Å². The zero-order valence-electron chi connectivity index (χ0n) is 15.7. The van der Waals surface area contributed by atoms with Crippen LogP contribution in [0.3, 0.4) is 0 Å². The number of anilines is 1. The highest BCUT2D eigenvalue weighted by Gasteiger charge is 2.16. The Kier molecular flexibility index (Phi) is 7.56. The van der Waals surface area contributed by atoms with Gasteiger partial charge in [0.2, 0.25) is 5.91 Å². The van der Waals surface area contributed by atoms with Crippen LogP contribution in [0.2, 0.25) is 0 Å². The van der Waals surface area contributed by atoms with Crippen molar-refractivity contribution in [2.24, 2.45) is 0 Å². The van der Waals surface area contributed by atoms with Gasteiger partial charge in [0.15, 0.2) is 9.84 Å². The molecule has 5 nitrogen and oxygen atoms in total. The second-order valence-electron chi connectivity index (χ2n) is 6.38. The molecule has 0 spiro atoms. The predicted octanol–water partition coefficient (Wildman–Crippen LogP) is 4.04. The van der Waals surface area contributed by atoms with E-state index in [1.54, 1.807) is 43.4 Å². The second kappa shape index (κ2) is 9.49. The molecular formula is C19H22F2N2O3S2. The van der Waals surface area contributed by atoms with E-state index < -0.39 is 15.6 Å². The topological polar surface area (TPSA) is 66.5 Å². The summed E-state index contributed by atoms with van der Waals surface area (Å²) in [5.74, 6) is -2.72. The van der Waals surface area contributed by atoms with Crippen LogP contribution in [0.15, 0.2) is 58.3 Å². The molecule has 1 unspecified atom stereocenters. The number of sulfone groups is 1. The first-order valence-corrected chi connectivity index (χ1v) is 11.2. The maximum Gasteiger partial charge on any atom is 0.288 e. The first kappa shape index (κ1) is 22.3. The molecule has 1 amide bonds. The molecule has 0 aliphatic heterocycles. The van der Waals surface area contributed by atoms with Crippen LogP contribution in [0.25, 0.3) is 0 Å². The number of carbonyl (C=O) groups excluding carboxylic acids is 1. The zero-order valence-corrected chi connectivity index (χ0v) is 17.4. The molecule has 0 aliphatic rings. The normalized spacial score (nSPS) is 13.0. The van der Waals surface area contributed by atoms with E-state index in [4.69, 9.17) is 0 Å². The lowest BCUT2D eigenvalue weighted by Gasteiger charge is -2.24. The Bertz CT molecular complexity index is 902. The van der Waals surface area contributed by atoms with E-state index >= 15 is 0 Å². The van der Waals surface area contributed by atoms with E-state index in [9.17, 15) is 22.0 Å². The van der Waals surface area contributed by atoms with Crippen molar-refractivity contribution in [1.82, 2.24) is 4.90 Å². The highest BCUT2D eigenvalue weighted by Crippen LogP contribution is 2.26. The van der Waals surface area contributed by atoms with E-state index in [1.165, 1.54) is 12.1 Å². The number of hydrogen-bond donors (Lipinski definition) is 1. The molecule has 0 aromatic heterocycles. The van der Waals surface area contributed by atoms with E-state index in [0.29, 0.717) is 22.3 Å². The van der Waals surface area contributed by atoms with Crippen LogP contribution in [-0.2, 0) is 14.6 Å². The number of halogens is 2. The van der Waals surface area contributed by atoms with E-state index in [-0.39, 0.29) is 23.4 Å². The summed E-state index contributed by atoms with van der Waals surface area (Å²) in [5.41, 5.74) is 1.42. The maximum absolute atomic E-state index is 12.3. The summed E-state index contributed by atoms with van der Waals surface area (Å²) in [6.45, 7) is 2.03. The van der Waals surface area contributed by atoms with Gasteiger partial charge in [-0.15, -0.1) is 0 Å². The number of alkyl halides is 2. The van der Waals surface area contributed by atoms with Gasteiger partial charge in [0.05, 0.1) is 11.4 Å². The van der Waals surface area contributed by atoms with Gasteiger partial charge in [-0.2, -0.15) is 8.78 Å². The number of benzene rings is 2. The number of nitrogens with zero attached hydrogens (tertiary/aromatic N) is 1. The highest BCUT2D eigenvalue weighted by molar-refractivity contribution is 7.99. The molecule has 1 N–H and O–H groups in total. The van der Waals surface area contributed by atoms with Crippen LogP contribution in [-0.4, -0.2) is 44.8 Å². The van der Waals surface area contributed by atoms with Crippen molar-refractivity contribution in [3.63, 3.8) is 0 Å². The summed E-state index contributed by atoms with van der Waals surface area (Å²) < 4.78 is 47.7. The molecule has 0 saturated carbocycles. The zero-order chi connectivity index (χ0) is 20.9. The molecule has 0 radical (unpaired) electrons. The molecule has 0 fully saturated rings. The Balaban J connectivity index is 1.94. The van der Waals surface area contributed by atoms with E-state index in [0.717, 1.165) is 11.8 Å². The first-order valence-electron chi connectivity index (χ1n) is 8.41. The first-order chi connectivity index (χ1) is 13.1. The Morgan fingerprint density at radius 2 is 1.68 bits per heavy atom. The Morgan fingerprint density at radius 1 is 1.11 bits per heavy atom. The van der Waals surface area contributed by atoms with Gasteiger partial charge in [0.1, 0.15) is 0 Å². The van der Waals surface area contributed by atoms with Crippen LogP contribution in [0.1, 0.15) is 18.5 Å². The molecule has 0 heterocycles. The van der Waals surface area contributed by atoms with E-state index in [1.807, 2.05) is 11.8 Å². The Morgan fingerprint density at radius 3 is 2.18 bits per heavy atom. The number of likely N-dealkylation sites (N-methyl/N-ethyl adjacent to an activating group) is 1. The molecule has 28 heavy (non-hydrogen) atoms. The fourth-order valence-corrected chi connectivity index (χ4v) is 3.66. The summed E-state index contributed by atoms with van der Waals surface area (Å²) in [6, 6.07) is 12.7. The van der Waals surface area contributed by atoms with Crippen molar-refractivity contribution in [3.8, 4) is 0 Å². The number of hydrogen-bond acceptors (Lipinski definition) is 5. The highest BCUT2D eigenvalue weighted by atomic mass is 32.2. The third-order valence-corrected chi connectivity index (χ3v) is 6.06. The van der Waals surface area contributed by atoms with Crippen molar-refractivity contribution >= 4 is 33.2 Å². The molecule has 2 aromatic rings. The number of carbonyl (C=O) groups is 1. The average molecular weight is 429 g/mol. The Labute approximate surface area is 168 Å². The minimum atomic E-state index is -3.25. The van der Waals surface area contributed by atoms with Crippen molar-refractivity contribution in [1.29, 1.82) is 0 Å². The summed E-state index contributed by atoms with van der Waals surface area (Å²) in [4.78, 5) is 14.7. The third-order valence-electron chi connectivity index (χ3n) is 4.21. The van der Waals surface area contributed by atoms with Gasteiger partial charge in [-0.3, -0.25) is 9.69 Å². The molecule has 1 atom stereocenters. The minimum Gasteiger partial charge on any atom is -0.325 e.